The highest BCUT2D eigenvalue weighted by molar-refractivity contribution is 7.89. The number of carbonyl (C=O) groups excluding carboxylic acids is 2. The van der Waals surface area contributed by atoms with E-state index in [4.69, 9.17) is 10.8 Å². The Morgan fingerprint density at radius 1 is 1.25 bits per heavy atom. The number of amides is 2. The lowest BCUT2D eigenvalue weighted by atomic mass is 10.2. The summed E-state index contributed by atoms with van der Waals surface area (Å²) in [6, 6.07) is 0.825. The van der Waals surface area contributed by atoms with Crippen molar-refractivity contribution in [2.75, 3.05) is 57.3 Å². The van der Waals surface area contributed by atoms with E-state index >= 15 is 0 Å². The van der Waals surface area contributed by atoms with Crippen molar-refractivity contribution in [2.24, 2.45) is 5.73 Å². The molecule has 0 spiro atoms. The van der Waals surface area contributed by atoms with E-state index in [1.165, 1.54) is 16.7 Å². The molecule has 0 unspecified atom stereocenters. The number of piperazine rings is 1. The van der Waals surface area contributed by atoms with Crippen molar-refractivity contribution in [3.05, 3.63) is 23.5 Å². The third-order valence-electron chi connectivity index (χ3n) is 5.88. The molecule has 3 rings (SSSR count). The van der Waals surface area contributed by atoms with Crippen molar-refractivity contribution in [2.45, 2.75) is 30.7 Å². The zero-order valence-corrected chi connectivity index (χ0v) is 18.9. The van der Waals surface area contributed by atoms with E-state index in [9.17, 15) is 22.4 Å². The first-order valence-electron chi connectivity index (χ1n) is 10.6. The molecule has 0 bridgehead atoms. The predicted molar refractivity (Wildman–Crippen MR) is 116 cm³/mol. The number of carbonyl (C=O) groups is 2. The van der Waals surface area contributed by atoms with Gasteiger partial charge in [-0.2, -0.15) is 4.72 Å². The van der Waals surface area contributed by atoms with E-state index < -0.39 is 27.8 Å². The molecule has 1 aromatic rings. The van der Waals surface area contributed by atoms with Gasteiger partial charge in [0, 0.05) is 52.2 Å². The highest BCUT2D eigenvalue weighted by atomic mass is 32.2. The van der Waals surface area contributed by atoms with E-state index in [0.717, 1.165) is 12.1 Å². The quantitative estimate of drug-likeness (QED) is 0.443. The average molecular weight is 472 g/mol. The fraction of sp³-hybridized carbons (Fsp3) is 0.600. The molecule has 2 amide bonds. The first-order chi connectivity index (χ1) is 15.2. The van der Waals surface area contributed by atoms with Crippen LogP contribution in [0.2, 0.25) is 0 Å². The van der Waals surface area contributed by atoms with Gasteiger partial charge in [-0.05, 0) is 31.0 Å². The van der Waals surface area contributed by atoms with Gasteiger partial charge < -0.3 is 20.6 Å². The lowest BCUT2D eigenvalue weighted by molar-refractivity contribution is -0.134. The number of rotatable bonds is 8. The Morgan fingerprint density at radius 2 is 1.94 bits per heavy atom. The predicted octanol–water partition coefficient (Wildman–Crippen LogP) is -0.997. The first kappa shape index (κ1) is 24.5. The van der Waals surface area contributed by atoms with E-state index in [1.807, 2.05) is 4.90 Å². The number of halogens is 1. The molecule has 10 nitrogen and oxygen atoms in total. The Balaban J connectivity index is 1.79. The number of aliphatic hydroxyl groups excluding tert-OH is 1. The number of aliphatic hydroxyl groups is 1. The van der Waals surface area contributed by atoms with E-state index in [0.29, 0.717) is 52.1 Å². The largest absolute Gasteiger partial charge is 0.395 e. The van der Waals surface area contributed by atoms with Crippen LogP contribution in [0.25, 0.3) is 0 Å². The van der Waals surface area contributed by atoms with Gasteiger partial charge in [0.25, 0.3) is 0 Å². The molecule has 12 heteroatoms. The van der Waals surface area contributed by atoms with Crippen LogP contribution in [0.4, 0.5) is 10.1 Å². The van der Waals surface area contributed by atoms with Crippen molar-refractivity contribution in [1.29, 1.82) is 0 Å². The highest BCUT2D eigenvalue weighted by Gasteiger charge is 2.33. The number of nitrogens with two attached hydrogens (primary N) is 1. The molecular weight excluding hydrogens is 441 g/mol. The Labute approximate surface area is 187 Å². The maximum Gasteiger partial charge on any atom is 0.242 e. The minimum Gasteiger partial charge on any atom is -0.395 e. The summed E-state index contributed by atoms with van der Waals surface area (Å²) in [6.45, 7) is 4.07. The maximum atomic E-state index is 14.3. The standard InChI is InChI=1S/C20H30FN5O5S/c1-14-17(26-4-2-3-19(26)28)11-15(21)12-18(14)32(30,31)23-16(13-22)20(29)25-7-5-24(6-8-25)9-10-27/h11-12,16,23,27H,2-10,13,22H2,1H3/t16-/m0/s1. The van der Waals surface area contributed by atoms with Gasteiger partial charge in [0.2, 0.25) is 21.8 Å². The molecular formula is C20H30FN5O5S. The molecule has 0 aromatic heterocycles. The second kappa shape index (κ2) is 10.2. The molecule has 2 aliphatic rings. The van der Waals surface area contributed by atoms with Gasteiger partial charge in [0.05, 0.1) is 17.2 Å². The van der Waals surface area contributed by atoms with E-state index in [2.05, 4.69) is 4.72 Å². The van der Waals surface area contributed by atoms with Gasteiger partial charge in [0.15, 0.2) is 0 Å². The van der Waals surface area contributed by atoms with Crippen LogP contribution in [0.15, 0.2) is 17.0 Å². The Kier molecular flexibility index (Phi) is 7.83. The molecule has 32 heavy (non-hydrogen) atoms. The van der Waals surface area contributed by atoms with Crippen molar-refractivity contribution < 1.29 is 27.5 Å². The summed E-state index contributed by atoms with van der Waals surface area (Å²) in [7, 11) is -4.30. The molecule has 0 saturated carbocycles. The van der Waals surface area contributed by atoms with Gasteiger partial charge in [-0.1, -0.05) is 0 Å². The molecule has 0 aliphatic carbocycles. The normalized spacial score (nSPS) is 18.9. The molecule has 2 saturated heterocycles. The Bertz CT molecular complexity index is 965. The van der Waals surface area contributed by atoms with Gasteiger partial charge in [-0.25, -0.2) is 12.8 Å². The SMILES string of the molecule is Cc1c(N2CCCC2=O)cc(F)cc1S(=O)(=O)N[C@@H](CN)C(=O)N1CCN(CCO)CC1. The summed E-state index contributed by atoms with van der Waals surface area (Å²) in [6.07, 6.45) is 0.941. The van der Waals surface area contributed by atoms with Crippen molar-refractivity contribution >= 4 is 27.5 Å². The Hall–Kier alpha value is -2.12. The summed E-state index contributed by atoms with van der Waals surface area (Å²) < 4.78 is 42.9. The van der Waals surface area contributed by atoms with Crippen molar-refractivity contribution in [1.82, 2.24) is 14.5 Å². The maximum absolute atomic E-state index is 14.3. The number of benzene rings is 1. The van der Waals surface area contributed by atoms with Gasteiger partial charge in [-0.3, -0.25) is 14.5 Å². The van der Waals surface area contributed by atoms with Crippen LogP contribution in [-0.4, -0.2) is 93.6 Å². The molecule has 178 valence electrons. The van der Waals surface area contributed by atoms with Gasteiger partial charge >= 0.3 is 0 Å². The smallest absolute Gasteiger partial charge is 0.242 e. The highest BCUT2D eigenvalue weighted by Crippen LogP contribution is 2.31. The second-order valence-electron chi connectivity index (χ2n) is 8.00. The van der Waals surface area contributed by atoms with Crippen LogP contribution in [-0.2, 0) is 19.6 Å². The molecule has 1 atom stereocenters. The van der Waals surface area contributed by atoms with Crippen LogP contribution < -0.4 is 15.4 Å². The molecule has 2 aliphatic heterocycles. The number of hydrogen-bond donors (Lipinski definition) is 3. The molecule has 4 N–H and O–H groups in total. The topological polar surface area (TPSA) is 136 Å². The van der Waals surface area contributed by atoms with Crippen LogP contribution in [0, 0.1) is 12.7 Å². The third kappa shape index (κ3) is 5.26. The minimum absolute atomic E-state index is 0.0250. The van der Waals surface area contributed by atoms with Gasteiger partial charge in [-0.15, -0.1) is 0 Å². The lowest BCUT2D eigenvalue weighted by Crippen LogP contribution is -2.57. The third-order valence-corrected chi connectivity index (χ3v) is 7.48. The Morgan fingerprint density at radius 3 is 2.50 bits per heavy atom. The number of hydrogen-bond acceptors (Lipinski definition) is 7. The first-order valence-corrected chi connectivity index (χ1v) is 12.1. The van der Waals surface area contributed by atoms with Gasteiger partial charge in [0.1, 0.15) is 11.9 Å². The van der Waals surface area contributed by atoms with E-state index in [1.54, 1.807) is 0 Å². The summed E-state index contributed by atoms with van der Waals surface area (Å²) in [5.74, 6) is -1.43. The van der Waals surface area contributed by atoms with Crippen molar-refractivity contribution in [3.8, 4) is 0 Å². The number of nitrogens with zero attached hydrogens (tertiary/aromatic N) is 3. The molecule has 2 fully saturated rings. The fourth-order valence-corrected chi connectivity index (χ4v) is 5.58. The zero-order valence-electron chi connectivity index (χ0n) is 18.1. The summed E-state index contributed by atoms with van der Waals surface area (Å²) in [5, 5.41) is 9.04. The summed E-state index contributed by atoms with van der Waals surface area (Å²) >= 11 is 0. The lowest BCUT2D eigenvalue weighted by Gasteiger charge is -2.36. The number of sulfonamides is 1. The summed E-state index contributed by atoms with van der Waals surface area (Å²) in [5.41, 5.74) is 6.15. The number of nitrogens with one attached hydrogen (secondary N) is 1. The van der Waals surface area contributed by atoms with Crippen molar-refractivity contribution in [3.63, 3.8) is 0 Å². The zero-order chi connectivity index (χ0) is 23.5. The van der Waals surface area contributed by atoms with Crippen LogP contribution in [0.3, 0.4) is 0 Å². The average Bonchev–Trinajstić information content (AvgIpc) is 3.19. The van der Waals surface area contributed by atoms with Crippen LogP contribution in [0.5, 0.6) is 0 Å². The van der Waals surface area contributed by atoms with E-state index in [-0.39, 0.29) is 35.2 Å². The van der Waals surface area contributed by atoms with Crippen LogP contribution >= 0.6 is 0 Å². The van der Waals surface area contributed by atoms with Crippen LogP contribution in [0.1, 0.15) is 18.4 Å². The molecule has 2 heterocycles. The number of β-amino-alcohol motifs (C(OH)–C–C–N with tert-alkyl or cyclic N) is 1. The minimum atomic E-state index is -4.30. The second-order valence-corrected chi connectivity index (χ2v) is 9.68. The molecule has 1 aromatic carbocycles. The molecule has 0 radical (unpaired) electrons. The monoisotopic (exact) mass is 471 g/mol. The number of anilines is 1. The summed E-state index contributed by atoms with van der Waals surface area (Å²) in [4.78, 5) is 29.6. The fourth-order valence-electron chi connectivity index (χ4n) is 4.11.